The Hall–Kier alpha value is -1.06. The van der Waals surface area contributed by atoms with E-state index in [1.807, 2.05) is 27.7 Å². The van der Waals surface area contributed by atoms with Gasteiger partial charge in [-0.05, 0) is 0 Å². The fourth-order valence-electron chi connectivity index (χ4n) is 1.70. The Morgan fingerprint density at radius 2 is 1.36 bits per heavy atom. The Bertz CT molecular complexity index is 229. The zero-order valence-electron chi connectivity index (χ0n) is 8.99. The molecule has 4 nitrogen and oxygen atoms in total. The molecule has 0 amide bonds. The zero-order chi connectivity index (χ0) is 10.9. The van der Waals surface area contributed by atoms with Crippen molar-refractivity contribution in [3.05, 3.63) is 0 Å². The van der Waals surface area contributed by atoms with E-state index in [0.717, 1.165) is 0 Å². The Balaban J connectivity index is 2.97. The van der Waals surface area contributed by atoms with E-state index in [1.54, 1.807) is 0 Å². The Morgan fingerprint density at radius 3 is 1.64 bits per heavy atom. The molecule has 0 unspecified atom stereocenters. The first-order valence-electron chi connectivity index (χ1n) is 4.82. The van der Waals surface area contributed by atoms with Crippen molar-refractivity contribution in [1.82, 2.24) is 0 Å². The minimum atomic E-state index is -1.08. The van der Waals surface area contributed by atoms with E-state index in [4.69, 9.17) is 9.47 Å². The van der Waals surface area contributed by atoms with Gasteiger partial charge in [0.1, 0.15) is 6.42 Å². The summed E-state index contributed by atoms with van der Waals surface area (Å²) in [4.78, 5) is 22.3. The number of hydrogen-bond donors (Lipinski definition) is 0. The molecule has 0 aromatic rings. The maximum absolute atomic E-state index is 11.2. The molecule has 0 N–H and O–H groups in total. The van der Waals surface area contributed by atoms with Crippen LogP contribution >= 0.6 is 0 Å². The van der Waals surface area contributed by atoms with Crippen LogP contribution in [0.2, 0.25) is 0 Å². The second kappa shape index (κ2) is 3.59. The quantitative estimate of drug-likeness (QED) is 0.500. The highest BCUT2D eigenvalue weighted by molar-refractivity contribution is 5.93. The Kier molecular flexibility index (Phi) is 2.83. The minimum absolute atomic E-state index is 0.0456. The normalized spacial score (nSPS) is 21.0. The lowest BCUT2D eigenvalue weighted by molar-refractivity contribution is -0.275. The van der Waals surface area contributed by atoms with Gasteiger partial charge in [-0.25, -0.2) is 0 Å². The third-order valence-corrected chi connectivity index (χ3v) is 2.44. The lowest BCUT2D eigenvalue weighted by Gasteiger charge is -2.41. The van der Waals surface area contributed by atoms with E-state index >= 15 is 0 Å². The van der Waals surface area contributed by atoms with Gasteiger partial charge < -0.3 is 9.47 Å². The molecule has 0 radical (unpaired) electrons. The van der Waals surface area contributed by atoms with E-state index < -0.39 is 17.7 Å². The molecule has 0 saturated carbocycles. The molecule has 4 heteroatoms. The second-order valence-corrected chi connectivity index (χ2v) is 4.16. The number of carbonyl (C=O) groups excluding carboxylic acids is 2. The number of ether oxygens (including phenoxy) is 2. The van der Waals surface area contributed by atoms with Crippen molar-refractivity contribution >= 4 is 11.9 Å². The first kappa shape index (κ1) is 11.0. The molecule has 1 saturated heterocycles. The Labute approximate surface area is 83.6 Å². The molecule has 1 fully saturated rings. The molecule has 0 aliphatic carbocycles. The highest BCUT2D eigenvalue weighted by Crippen LogP contribution is 2.35. The number of rotatable bonds is 2. The molecule has 0 atom stereocenters. The maximum atomic E-state index is 11.2. The topological polar surface area (TPSA) is 52.6 Å². The van der Waals surface area contributed by atoms with E-state index in [-0.39, 0.29) is 18.3 Å². The van der Waals surface area contributed by atoms with Gasteiger partial charge in [-0.3, -0.25) is 9.59 Å². The van der Waals surface area contributed by atoms with Crippen LogP contribution in [0.25, 0.3) is 0 Å². The van der Waals surface area contributed by atoms with Crippen molar-refractivity contribution in [2.24, 2.45) is 11.8 Å². The molecule has 0 aromatic heterocycles. The summed E-state index contributed by atoms with van der Waals surface area (Å²) in [6.07, 6.45) is -0.277. The third kappa shape index (κ3) is 1.74. The van der Waals surface area contributed by atoms with Gasteiger partial charge in [0.2, 0.25) is 0 Å². The van der Waals surface area contributed by atoms with Crippen molar-refractivity contribution in [2.45, 2.75) is 39.9 Å². The van der Waals surface area contributed by atoms with E-state index in [9.17, 15) is 9.59 Å². The average molecular weight is 200 g/mol. The number of esters is 2. The predicted octanol–water partition coefficient (Wildman–Crippen LogP) is 1.48. The molecule has 0 aromatic carbocycles. The molecule has 1 rings (SSSR count). The molecule has 1 aliphatic rings. The number of hydrogen-bond acceptors (Lipinski definition) is 4. The van der Waals surface area contributed by atoms with Crippen molar-refractivity contribution < 1.29 is 19.1 Å². The van der Waals surface area contributed by atoms with Crippen LogP contribution in [0.3, 0.4) is 0 Å². The summed E-state index contributed by atoms with van der Waals surface area (Å²) in [5.74, 6) is -2.16. The lowest BCUT2D eigenvalue weighted by atomic mass is 9.90. The fraction of sp³-hybridized carbons (Fsp3) is 0.800. The van der Waals surface area contributed by atoms with Gasteiger partial charge in [0.15, 0.2) is 0 Å². The monoisotopic (exact) mass is 200 g/mol. The Morgan fingerprint density at radius 1 is 1.00 bits per heavy atom. The maximum Gasteiger partial charge on any atom is 0.320 e. The highest BCUT2D eigenvalue weighted by Gasteiger charge is 2.48. The smallest absolute Gasteiger partial charge is 0.320 e. The van der Waals surface area contributed by atoms with Crippen LogP contribution in [0.4, 0.5) is 0 Å². The summed E-state index contributed by atoms with van der Waals surface area (Å²) < 4.78 is 10.4. The number of cyclic esters (lactones) is 2. The standard InChI is InChI=1S/C10H16O4/c1-6(2)10(7(3)4)13-8(11)5-9(12)14-10/h6-7H,5H2,1-4H3. The second-order valence-electron chi connectivity index (χ2n) is 4.16. The van der Waals surface area contributed by atoms with Crippen molar-refractivity contribution in [3.63, 3.8) is 0 Å². The molecule has 1 heterocycles. The first-order valence-corrected chi connectivity index (χ1v) is 4.82. The highest BCUT2D eigenvalue weighted by atomic mass is 16.7. The van der Waals surface area contributed by atoms with E-state index in [1.165, 1.54) is 0 Å². The van der Waals surface area contributed by atoms with Crippen LogP contribution in [-0.2, 0) is 19.1 Å². The molecular weight excluding hydrogens is 184 g/mol. The van der Waals surface area contributed by atoms with Gasteiger partial charge in [0, 0.05) is 11.8 Å². The predicted molar refractivity (Wildman–Crippen MR) is 49.2 cm³/mol. The zero-order valence-corrected chi connectivity index (χ0v) is 8.99. The van der Waals surface area contributed by atoms with E-state index in [2.05, 4.69) is 0 Å². The van der Waals surface area contributed by atoms with Crippen LogP contribution in [-0.4, -0.2) is 17.7 Å². The summed E-state index contributed by atoms with van der Waals surface area (Å²) in [7, 11) is 0. The number of carbonyl (C=O) groups is 2. The van der Waals surface area contributed by atoms with Crippen LogP contribution in [0.5, 0.6) is 0 Å². The van der Waals surface area contributed by atoms with Crippen LogP contribution in [0.15, 0.2) is 0 Å². The van der Waals surface area contributed by atoms with Crippen LogP contribution in [0, 0.1) is 11.8 Å². The van der Waals surface area contributed by atoms with Crippen LogP contribution < -0.4 is 0 Å². The summed E-state index contributed by atoms with van der Waals surface area (Å²) in [6, 6.07) is 0. The summed E-state index contributed by atoms with van der Waals surface area (Å²) in [5.41, 5.74) is 0. The third-order valence-electron chi connectivity index (χ3n) is 2.44. The average Bonchev–Trinajstić information content (AvgIpc) is 2.01. The minimum Gasteiger partial charge on any atom is -0.421 e. The first-order chi connectivity index (χ1) is 6.38. The summed E-state index contributed by atoms with van der Waals surface area (Å²) >= 11 is 0. The largest absolute Gasteiger partial charge is 0.421 e. The SMILES string of the molecule is CC(C)C1(C(C)C)OC(=O)CC(=O)O1. The molecule has 80 valence electrons. The van der Waals surface area contributed by atoms with Crippen molar-refractivity contribution in [2.75, 3.05) is 0 Å². The lowest BCUT2D eigenvalue weighted by Crippen LogP contribution is -2.52. The molecular formula is C10H16O4. The molecule has 0 spiro atoms. The van der Waals surface area contributed by atoms with Gasteiger partial charge in [-0.15, -0.1) is 0 Å². The molecule has 0 bridgehead atoms. The van der Waals surface area contributed by atoms with Gasteiger partial charge in [-0.1, -0.05) is 27.7 Å². The molecule has 1 aliphatic heterocycles. The summed E-state index contributed by atoms with van der Waals surface area (Å²) in [5, 5.41) is 0. The summed E-state index contributed by atoms with van der Waals surface area (Å²) in [6.45, 7) is 7.47. The van der Waals surface area contributed by atoms with Gasteiger partial charge in [0.25, 0.3) is 5.79 Å². The fourth-order valence-corrected chi connectivity index (χ4v) is 1.70. The van der Waals surface area contributed by atoms with E-state index in [0.29, 0.717) is 0 Å². The van der Waals surface area contributed by atoms with Gasteiger partial charge in [-0.2, -0.15) is 0 Å². The van der Waals surface area contributed by atoms with Crippen LogP contribution in [0.1, 0.15) is 34.1 Å². The van der Waals surface area contributed by atoms with Gasteiger partial charge >= 0.3 is 11.9 Å². The van der Waals surface area contributed by atoms with Gasteiger partial charge in [0.05, 0.1) is 0 Å². The van der Waals surface area contributed by atoms with Crippen molar-refractivity contribution in [1.29, 1.82) is 0 Å². The molecule has 14 heavy (non-hydrogen) atoms. The van der Waals surface area contributed by atoms with Crippen molar-refractivity contribution in [3.8, 4) is 0 Å².